The minimum Gasteiger partial charge on any atom is -0.426 e. The first kappa shape index (κ1) is 44.8. The number of amides is 4. The van der Waals surface area contributed by atoms with Crippen molar-refractivity contribution in [1.29, 1.82) is 0 Å². The van der Waals surface area contributed by atoms with Crippen LogP contribution in [0.4, 0.5) is 0 Å². The number of hydrogen-bond donors (Lipinski definition) is 5. The number of carbonyl (C=O) groups excluding carboxylic acids is 4. The Kier molecular flexibility index (Phi) is 19.4. The number of hydrogen-bond acceptors (Lipinski definition) is 9. The van der Waals surface area contributed by atoms with E-state index >= 15 is 0 Å². The van der Waals surface area contributed by atoms with Crippen molar-refractivity contribution >= 4 is 30.7 Å². The third-order valence-electron chi connectivity index (χ3n) is 10.2. The second-order valence-corrected chi connectivity index (χ2v) is 15.0. The summed E-state index contributed by atoms with van der Waals surface area (Å²) in [5.41, 5.74) is 0. The van der Waals surface area contributed by atoms with Crippen LogP contribution < -0.4 is 16.0 Å². The Morgan fingerprint density at radius 3 is 1.96 bits per heavy atom. The number of likely N-dealkylation sites (tertiary alicyclic amines) is 1. The van der Waals surface area contributed by atoms with Crippen molar-refractivity contribution in [2.75, 3.05) is 34.9 Å². The van der Waals surface area contributed by atoms with Crippen LogP contribution in [0.25, 0.3) is 0 Å². The predicted octanol–water partition coefficient (Wildman–Crippen LogP) is 1.83. The van der Waals surface area contributed by atoms with Crippen molar-refractivity contribution in [2.45, 2.75) is 137 Å². The fourth-order valence-electron chi connectivity index (χ4n) is 7.13. The molecule has 1 saturated heterocycles. The SMILES string of the molecule is CC[C@H](C)[C@@H]([C@@H](CC(=O)N1CCC[C@H]1[C@H](OC)[C@@H](C)C(=O)N[C@@H](CC(C)C)B(O)O)OC)N(C)C(=O)[C@@H](NC(=O)[C@@H](NC)C(C)C)C(C)C. The summed E-state index contributed by atoms with van der Waals surface area (Å²) in [6, 6.07) is -2.05. The summed E-state index contributed by atoms with van der Waals surface area (Å²) in [5, 5.41) is 28.5. The van der Waals surface area contributed by atoms with Gasteiger partial charge in [0.2, 0.25) is 23.6 Å². The molecule has 1 rings (SSSR count). The van der Waals surface area contributed by atoms with Crippen molar-refractivity contribution in [3.05, 3.63) is 0 Å². The largest absolute Gasteiger partial charge is 0.475 e. The molecule has 4 amide bonds. The fourth-order valence-corrected chi connectivity index (χ4v) is 7.13. The predicted molar refractivity (Wildman–Crippen MR) is 192 cm³/mol. The summed E-state index contributed by atoms with van der Waals surface area (Å²) >= 11 is 0. The molecule has 0 aromatic carbocycles. The first-order chi connectivity index (χ1) is 22.9. The number of carbonyl (C=O) groups is 4. The Balaban J connectivity index is 3.25. The second-order valence-electron chi connectivity index (χ2n) is 15.0. The van der Waals surface area contributed by atoms with Gasteiger partial charge in [-0.1, -0.05) is 68.7 Å². The Morgan fingerprint density at radius 2 is 1.51 bits per heavy atom. The zero-order chi connectivity index (χ0) is 37.7. The maximum absolute atomic E-state index is 14.1. The molecule has 1 aliphatic heterocycles. The molecule has 1 aliphatic rings. The lowest BCUT2D eigenvalue weighted by molar-refractivity contribution is -0.147. The average Bonchev–Trinajstić information content (AvgIpc) is 3.51. The van der Waals surface area contributed by atoms with Crippen LogP contribution in [0.3, 0.4) is 0 Å². The zero-order valence-corrected chi connectivity index (χ0v) is 32.5. The molecular weight excluding hydrogens is 629 g/mol. The van der Waals surface area contributed by atoms with E-state index in [0.29, 0.717) is 19.4 Å². The first-order valence-electron chi connectivity index (χ1n) is 18.1. The maximum atomic E-state index is 14.1. The smallest absolute Gasteiger partial charge is 0.426 e. The molecule has 0 radical (unpaired) electrons. The molecular formula is C35H68BN5O8. The summed E-state index contributed by atoms with van der Waals surface area (Å²) in [7, 11) is 4.80. The lowest BCUT2D eigenvalue weighted by atomic mass is 9.74. The summed E-state index contributed by atoms with van der Waals surface area (Å²) in [4.78, 5) is 58.0. The highest BCUT2D eigenvalue weighted by Gasteiger charge is 2.43. The van der Waals surface area contributed by atoms with Crippen LogP contribution in [-0.4, -0.2) is 128 Å². The van der Waals surface area contributed by atoms with Gasteiger partial charge >= 0.3 is 7.12 Å². The second kappa shape index (κ2) is 21.2. The van der Waals surface area contributed by atoms with E-state index in [1.807, 2.05) is 55.4 Å². The zero-order valence-electron chi connectivity index (χ0n) is 32.5. The van der Waals surface area contributed by atoms with Gasteiger partial charge in [-0.2, -0.15) is 0 Å². The first-order valence-corrected chi connectivity index (χ1v) is 18.1. The summed E-state index contributed by atoms with van der Waals surface area (Å²) in [6.07, 6.45) is 1.26. The molecule has 0 saturated carbocycles. The minimum absolute atomic E-state index is 0.0116. The van der Waals surface area contributed by atoms with Gasteiger partial charge in [-0.15, -0.1) is 0 Å². The van der Waals surface area contributed by atoms with E-state index < -0.39 is 49.3 Å². The molecule has 0 bridgehead atoms. The van der Waals surface area contributed by atoms with Gasteiger partial charge in [0.05, 0.1) is 48.6 Å². The quantitative estimate of drug-likeness (QED) is 0.112. The van der Waals surface area contributed by atoms with Gasteiger partial charge in [-0.25, -0.2) is 0 Å². The van der Waals surface area contributed by atoms with Crippen molar-refractivity contribution in [3.8, 4) is 0 Å². The van der Waals surface area contributed by atoms with Gasteiger partial charge < -0.3 is 45.3 Å². The summed E-state index contributed by atoms with van der Waals surface area (Å²) < 4.78 is 11.8. The number of rotatable bonds is 21. The van der Waals surface area contributed by atoms with Crippen molar-refractivity contribution in [1.82, 2.24) is 25.8 Å². The molecule has 49 heavy (non-hydrogen) atoms. The molecule has 13 nitrogen and oxygen atoms in total. The van der Waals surface area contributed by atoms with E-state index in [9.17, 15) is 29.2 Å². The lowest BCUT2D eigenvalue weighted by Gasteiger charge is -2.41. The van der Waals surface area contributed by atoms with E-state index in [4.69, 9.17) is 9.47 Å². The number of methoxy groups -OCH3 is 2. The van der Waals surface area contributed by atoms with Crippen LogP contribution in [0.15, 0.2) is 0 Å². The molecule has 5 N–H and O–H groups in total. The van der Waals surface area contributed by atoms with E-state index in [0.717, 1.165) is 12.8 Å². The molecule has 0 unspecified atom stereocenters. The molecule has 0 aromatic heterocycles. The lowest BCUT2D eigenvalue weighted by Crippen LogP contribution is -2.59. The van der Waals surface area contributed by atoms with E-state index in [1.54, 1.807) is 37.9 Å². The van der Waals surface area contributed by atoms with Crippen molar-refractivity contribution in [3.63, 3.8) is 0 Å². The Morgan fingerprint density at radius 1 is 0.918 bits per heavy atom. The Bertz CT molecular complexity index is 1050. The normalized spacial score (nSPS) is 20.0. The van der Waals surface area contributed by atoms with Crippen LogP contribution in [0.2, 0.25) is 0 Å². The van der Waals surface area contributed by atoms with E-state index in [2.05, 4.69) is 16.0 Å². The molecule has 9 atom stereocenters. The molecule has 0 spiro atoms. The fraction of sp³-hybridized carbons (Fsp3) is 0.886. The van der Waals surface area contributed by atoms with Gasteiger partial charge in [0, 0.05) is 27.8 Å². The molecule has 0 aliphatic carbocycles. The van der Waals surface area contributed by atoms with E-state index in [1.165, 1.54) is 7.11 Å². The van der Waals surface area contributed by atoms with Gasteiger partial charge in [-0.05, 0) is 50.0 Å². The standard InChI is InChI=1S/C35H68BN5O8/c1-14-23(8)31(40(11)35(45)30(22(6)7)39-34(44)29(37-10)21(4)5)26(48-12)19-28(42)41-17-15-16-25(41)32(49-13)24(9)33(43)38-27(36(46)47)18-20(2)3/h20-27,29-32,37,46-47H,14-19H2,1-13H3,(H,38,43)(H,39,44)/t23-,24+,25-,26+,27-,29-,30-,31-,32+/m0/s1. The van der Waals surface area contributed by atoms with E-state index in [-0.39, 0.29) is 59.8 Å². The molecule has 284 valence electrons. The van der Waals surface area contributed by atoms with Crippen LogP contribution in [0, 0.1) is 29.6 Å². The maximum Gasteiger partial charge on any atom is 0.475 e. The monoisotopic (exact) mass is 698 g/mol. The van der Waals surface area contributed by atoms with Crippen molar-refractivity contribution in [2.24, 2.45) is 29.6 Å². The summed E-state index contributed by atoms with van der Waals surface area (Å²) in [6.45, 7) is 17.8. The summed E-state index contributed by atoms with van der Waals surface area (Å²) in [5.74, 6) is -2.56. The molecule has 0 aromatic rings. The van der Waals surface area contributed by atoms with Gasteiger partial charge in [0.15, 0.2) is 0 Å². The van der Waals surface area contributed by atoms with Crippen LogP contribution in [-0.2, 0) is 28.7 Å². The number of likely N-dealkylation sites (N-methyl/N-ethyl adjacent to an activating group) is 2. The highest BCUT2D eigenvalue weighted by Crippen LogP contribution is 2.30. The highest BCUT2D eigenvalue weighted by atomic mass is 16.5. The number of ether oxygens (including phenoxy) is 2. The third-order valence-corrected chi connectivity index (χ3v) is 10.2. The molecule has 1 heterocycles. The topological polar surface area (TPSA) is 170 Å². The highest BCUT2D eigenvalue weighted by molar-refractivity contribution is 6.43. The molecule has 1 fully saturated rings. The van der Waals surface area contributed by atoms with Gasteiger partial charge in [0.1, 0.15) is 6.04 Å². The minimum atomic E-state index is -1.70. The third kappa shape index (κ3) is 12.5. The van der Waals surface area contributed by atoms with Crippen molar-refractivity contribution < 1.29 is 38.7 Å². The average molecular weight is 698 g/mol. The Hall–Kier alpha value is -2.26. The number of nitrogens with zero attached hydrogens (tertiary/aromatic N) is 2. The van der Waals surface area contributed by atoms with Gasteiger partial charge in [-0.3, -0.25) is 19.2 Å². The van der Waals surface area contributed by atoms with Crippen LogP contribution in [0.1, 0.15) is 94.4 Å². The Labute approximate surface area is 296 Å². The van der Waals surface area contributed by atoms with Crippen LogP contribution >= 0.6 is 0 Å². The number of nitrogens with one attached hydrogen (secondary N) is 3. The van der Waals surface area contributed by atoms with Crippen LogP contribution in [0.5, 0.6) is 0 Å². The molecule has 14 heteroatoms. The van der Waals surface area contributed by atoms with Gasteiger partial charge in [0.25, 0.3) is 0 Å².